The molecule has 0 spiro atoms. The van der Waals surface area contributed by atoms with Crippen LogP contribution in [-0.2, 0) is 0 Å². The Hall–Kier alpha value is 0.467. The van der Waals surface area contributed by atoms with Crippen molar-refractivity contribution in [1.29, 1.82) is 0 Å². The van der Waals surface area contributed by atoms with Crippen molar-refractivity contribution < 1.29 is 4.80 Å². The maximum Gasteiger partial charge on any atom is 0.292 e. The molecule has 0 rings (SSSR count). The standard InChI is InChI=1S/C6H15ClOSi/c1-5(2)9(7,8)6(3)4/h5-6,8H,1-4H3. The van der Waals surface area contributed by atoms with E-state index in [1.807, 2.05) is 27.7 Å². The summed E-state index contributed by atoms with van der Waals surface area (Å²) in [5.41, 5.74) is 0.498. The third kappa shape index (κ3) is 2.28. The van der Waals surface area contributed by atoms with Crippen LogP contribution in [0.4, 0.5) is 0 Å². The first-order valence-electron chi connectivity index (χ1n) is 3.30. The Labute approximate surface area is 62.9 Å². The van der Waals surface area contributed by atoms with Gasteiger partial charge < -0.3 is 4.80 Å². The average molecular weight is 167 g/mol. The van der Waals surface area contributed by atoms with Crippen LogP contribution >= 0.6 is 11.1 Å². The molecule has 0 aliphatic carbocycles. The maximum absolute atomic E-state index is 9.57. The van der Waals surface area contributed by atoms with Crippen molar-refractivity contribution in [3.8, 4) is 0 Å². The van der Waals surface area contributed by atoms with E-state index in [-0.39, 0.29) is 11.1 Å². The second kappa shape index (κ2) is 3.04. The van der Waals surface area contributed by atoms with E-state index < -0.39 is 7.63 Å². The lowest BCUT2D eigenvalue weighted by Crippen LogP contribution is -2.34. The highest BCUT2D eigenvalue weighted by Crippen LogP contribution is 2.32. The lowest BCUT2D eigenvalue weighted by molar-refractivity contribution is 0.523. The van der Waals surface area contributed by atoms with E-state index in [4.69, 9.17) is 11.1 Å². The Morgan fingerprint density at radius 3 is 1.33 bits per heavy atom. The molecule has 0 aliphatic heterocycles. The smallest absolute Gasteiger partial charge is 0.292 e. The maximum atomic E-state index is 9.57. The highest BCUT2D eigenvalue weighted by atomic mass is 35.6. The van der Waals surface area contributed by atoms with Crippen LogP contribution in [0.25, 0.3) is 0 Å². The predicted molar refractivity (Wildman–Crippen MR) is 44.0 cm³/mol. The number of rotatable bonds is 2. The molecule has 0 unspecified atom stereocenters. The molecule has 0 aliphatic rings. The van der Waals surface area contributed by atoms with Crippen molar-refractivity contribution in [3.63, 3.8) is 0 Å². The van der Waals surface area contributed by atoms with Crippen LogP contribution in [0.5, 0.6) is 0 Å². The molecule has 0 aromatic rings. The van der Waals surface area contributed by atoms with Crippen LogP contribution in [0.2, 0.25) is 11.1 Å². The molecule has 0 aromatic carbocycles. The summed E-state index contributed by atoms with van der Waals surface area (Å²) >= 11 is 5.90. The number of hydrogen-bond donors (Lipinski definition) is 1. The molecule has 0 saturated carbocycles. The number of halogens is 1. The zero-order valence-electron chi connectivity index (χ0n) is 6.48. The lowest BCUT2D eigenvalue weighted by atomic mass is 10.5. The summed E-state index contributed by atoms with van der Waals surface area (Å²) in [5.74, 6) is 0. The molecule has 56 valence electrons. The highest BCUT2D eigenvalue weighted by Gasteiger charge is 2.36. The van der Waals surface area contributed by atoms with Gasteiger partial charge in [-0.25, -0.2) is 0 Å². The third-order valence-electron chi connectivity index (χ3n) is 1.62. The lowest BCUT2D eigenvalue weighted by Gasteiger charge is -2.25. The van der Waals surface area contributed by atoms with Gasteiger partial charge >= 0.3 is 0 Å². The van der Waals surface area contributed by atoms with E-state index in [2.05, 4.69) is 0 Å². The SMILES string of the molecule is CC(C)[Si](O)(Cl)C(C)C. The van der Waals surface area contributed by atoms with Gasteiger partial charge in [0.25, 0.3) is 7.63 Å². The van der Waals surface area contributed by atoms with E-state index in [0.29, 0.717) is 0 Å². The second-order valence-corrected chi connectivity index (χ2v) is 8.62. The molecular weight excluding hydrogens is 152 g/mol. The molecule has 9 heavy (non-hydrogen) atoms. The van der Waals surface area contributed by atoms with Gasteiger partial charge in [-0.15, -0.1) is 11.1 Å². The fraction of sp³-hybridized carbons (Fsp3) is 1.00. The minimum absolute atomic E-state index is 0.249. The Morgan fingerprint density at radius 1 is 1.11 bits per heavy atom. The molecule has 0 bridgehead atoms. The highest BCUT2D eigenvalue weighted by molar-refractivity contribution is 7.17. The van der Waals surface area contributed by atoms with Gasteiger partial charge in [-0.05, 0) is 11.1 Å². The van der Waals surface area contributed by atoms with Gasteiger partial charge in [0.1, 0.15) is 0 Å². The Bertz CT molecular complexity index is 81.1. The van der Waals surface area contributed by atoms with Crippen LogP contribution in [0, 0.1) is 0 Å². The molecule has 3 heteroatoms. The summed E-state index contributed by atoms with van der Waals surface area (Å²) < 4.78 is 0. The van der Waals surface area contributed by atoms with E-state index in [1.165, 1.54) is 0 Å². The summed E-state index contributed by atoms with van der Waals surface area (Å²) in [6, 6.07) is 0. The topological polar surface area (TPSA) is 20.2 Å². The van der Waals surface area contributed by atoms with Crippen molar-refractivity contribution in [1.82, 2.24) is 0 Å². The van der Waals surface area contributed by atoms with Crippen molar-refractivity contribution in [2.45, 2.75) is 38.8 Å². The third-order valence-corrected chi connectivity index (χ3v) is 7.48. The van der Waals surface area contributed by atoms with Crippen LogP contribution in [0.15, 0.2) is 0 Å². The Morgan fingerprint density at radius 2 is 1.33 bits per heavy atom. The van der Waals surface area contributed by atoms with Crippen LogP contribution in [0.1, 0.15) is 27.7 Å². The normalized spacial score (nSPS) is 13.3. The molecular formula is C6H15ClOSi. The van der Waals surface area contributed by atoms with Crippen LogP contribution < -0.4 is 0 Å². The molecule has 0 atom stereocenters. The minimum atomic E-state index is -2.39. The van der Waals surface area contributed by atoms with Crippen LogP contribution in [-0.4, -0.2) is 12.4 Å². The molecule has 0 amide bonds. The second-order valence-electron chi connectivity index (χ2n) is 3.04. The van der Waals surface area contributed by atoms with Gasteiger partial charge in [-0.1, -0.05) is 27.7 Å². The fourth-order valence-electron chi connectivity index (χ4n) is 0.667. The largest absolute Gasteiger partial charge is 0.419 e. The zero-order chi connectivity index (χ0) is 7.65. The van der Waals surface area contributed by atoms with Gasteiger partial charge in [-0.3, -0.25) is 0 Å². The molecule has 0 heterocycles. The Balaban J connectivity index is 4.01. The van der Waals surface area contributed by atoms with E-state index in [9.17, 15) is 4.80 Å². The number of hydrogen-bond acceptors (Lipinski definition) is 1. The first-order chi connectivity index (χ1) is 3.89. The van der Waals surface area contributed by atoms with Gasteiger partial charge in [0.15, 0.2) is 0 Å². The molecule has 1 nitrogen and oxygen atoms in total. The van der Waals surface area contributed by atoms with Gasteiger partial charge in [-0.2, -0.15) is 0 Å². The monoisotopic (exact) mass is 166 g/mol. The van der Waals surface area contributed by atoms with Gasteiger partial charge in [0.05, 0.1) is 0 Å². The summed E-state index contributed by atoms with van der Waals surface area (Å²) in [4.78, 5) is 9.57. The fourth-order valence-corrected chi connectivity index (χ4v) is 2.00. The first-order valence-corrected chi connectivity index (χ1v) is 6.41. The quantitative estimate of drug-likeness (QED) is 0.494. The van der Waals surface area contributed by atoms with Crippen molar-refractivity contribution in [3.05, 3.63) is 0 Å². The van der Waals surface area contributed by atoms with Gasteiger partial charge in [0, 0.05) is 0 Å². The van der Waals surface area contributed by atoms with E-state index in [0.717, 1.165) is 0 Å². The zero-order valence-corrected chi connectivity index (χ0v) is 8.24. The summed E-state index contributed by atoms with van der Waals surface area (Å²) in [6.07, 6.45) is 0. The molecule has 0 fully saturated rings. The van der Waals surface area contributed by atoms with Crippen molar-refractivity contribution >= 4 is 18.7 Å². The Kier molecular flexibility index (Phi) is 3.19. The first kappa shape index (κ1) is 9.47. The molecule has 0 aromatic heterocycles. The molecule has 0 radical (unpaired) electrons. The molecule has 0 saturated heterocycles. The summed E-state index contributed by atoms with van der Waals surface area (Å²) in [7, 11) is -2.39. The van der Waals surface area contributed by atoms with Crippen molar-refractivity contribution in [2.75, 3.05) is 0 Å². The van der Waals surface area contributed by atoms with Crippen LogP contribution in [0.3, 0.4) is 0 Å². The summed E-state index contributed by atoms with van der Waals surface area (Å²) in [5, 5.41) is 0. The van der Waals surface area contributed by atoms with Gasteiger partial charge in [0.2, 0.25) is 0 Å². The molecule has 1 N–H and O–H groups in total. The van der Waals surface area contributed by atoms with Crippen molar-refractivity contribution in [2.24, 2.45) is 0 Å². The van der Waals surface area contributed by atoms with E-state index >= 15 is 0 Å². The summed E-state index contributed by atoms with van der Waals surface area (Å²) in [6.45, 7) is 7.89. The van der Waals surface area contributed by atoms with E-state index in [1.54, 1.807) is 0 Å². The average Bonchev–Trinajstić information content (AvgIpc) is 1.65. The minimum Gasteiger partial charge on any atom is -0.419 e. The predicted octanol–water partition coefficient (Wildman–Crippen LogP) is 2.48.